The Morgan fingerprint density at radius 1 is 0.602 bits per heavy atom. The summed E-state index contributed by atoms with van der Waals surface area (Å²) >= 11 is 0. The van der Waals surface area contributed by atoms with E-state index in [2.05, 4.69) is 84.3 Å². The topological polar surface area (TPSA) is 238 Å². The van der Waals surface area contributed by atoms with Crippen molar-refractivity contribution in [2.45, 2.75) is 79.6 Å². The van der Waals surface area contributed by atoms with Crippen molar-refractivity contribution in [1.29, 1.82) is 0 Å². The zero-order valence-electron chi connectivity index (χ0n) is 45.1. The first kappa shape index (κ1) is 57.0. The lowest BCUT2D eigenvalue weighted by Crippen LogP contribution is -2.45. The van der Waals surface area contributed by atoms with Crippen LogP contribution in [-0.4, -0.2) is 127 Å². The second-order valence-electron chi connectivity index (χ2n) is 20.1. The van der Waals surface area contributed by atoms with Gasteiger partial charge in [0.1, 0.15) is 11.6 Å². The number of aromatic nitrogens is 10. The smallest absolute Gasteiger partial charge is 0.252 e. The molecule has 0 radical (unpaired) electrons. The summed E-state index contributed by atoms with van der Waals surface area (Å²) in [4.78, 5) is 70.3. The van der Waals surface area contributed by atoms with E-state index in [-0.39, 0.29) is 38.7 Å². The van der Waals surface area contributed by atoms with Crippen molar-refractivity contribution in [2.75, 3.05) is 82.8 Å². The first-order valence-electron chi connectivity index (χ1n) is 27.3. The summed E-state index contributed by atoms with van der Waals surface area (Å²) in [6, 6.07) is 31.5. The van der Waals surface area contributed by atoms with Crippen LogP contribution in [0.5, 0.6) is 0 Å². The number of guanidine groups is 1. The predicted octanol–water partition coefficient (Wildman–Crippen LogP) is 7.97. The fourth-order valence-electron chi connectivity index (χ4n) is 10.3. The zero-order valence-corrected chi connectivity index (χ0v) is 45.1. The Balaban J connectivity index is 0.000000184. The lowest BCUT2D eigenvalue weighted by molar-refractivity contribution is 0.0767. The number of ether oxygens (including phenoxy) is 3. The molecule has 0 spiro atoms. The van der Waals surface area contributed by atoms with Gasteiger partial charge in [0.25, 0.3) is 5.56 Å². The van der Waals surface area contributed by atoms with E-state index in [4.69, 9.17) is 34.1 Å². The first-order chi connectivity index (χ1) is 39.8. The molecule has 1 unspecified atom stereocenters. The van der Waals surface area contributed by atoms with Crippen LogP contribution in [-0.2, 0) is 46.7 Å². The van der Waals surface area contributed by atoms with Gasteiger partial charge in [-0.2, -0.15) is 0 Å². The lowest BCUT2D eigenvalue weighted by atomic mass is 10.0. The van der Waals surface area contributed by atoms with Crippen LogP contribution in [0.1, 0.15) is 56.8 Å². The number of fused-ring (bicyclic) bond motifs is 2. The van der Waals surface area contributed by atoms with Gasteiger partial charge in [-0.15, -0.1) is 0 Å². The van der Waals surface area contributed by atoms with E-state index in [1.165, 1.54) is 23.4 Å². The van der Waals surface area contributed by atoms with Gasteiger partial charge in [0.05, 0.1) is 69.6 Å². The second-order valence-corrected chi connectivity index (χ2v) is 20.1. The minimum absolute atomic E-state index is 0. The monoisotopic (exact) mass is 1120 g/mol. The fraction of sp³-hybridized carbons (Fsp3) is 0.328. The number of aliphatic imine (C=N–C) groups is 1. The third-order valence-electron chi connectivity index (χ3n) is 14.5. The van der Waals surface area contributed by atoms with Crippen molar-refractivity contribution < 1.29 is 14.2 Å². The largest absolute Gasteiger partial charge is 0.377 e. The quantitative estimate of drug-likeness (QED) is 0.0907. The number of aromatic amines is 1. The number of benzene rings is 3. The van der Waals surface area contributed by atoms with Crippen LogP contribution >= 0.6 is 0 Å². The van der Waals surface area contributed by atoms with Crippen molar-refractivity contribution in [1.82, 2.24) is 55.2 Å². The normalized spacial score (nSPS) is 18.1. The molecule has 13 rings (SSSR count). The molecule has 0 saturated carbocycles. The van der Waals surface area contributed by atoms with Crippen molar-refractivity contribution in [2.24, 2.45) is 4.99 Å². The van der Waals surface area contributed by atoms with Gasteiger partial charge in [-0.05, 0) is 99.0 Å². The summed E-state index contributed by atoms with van der Waals surface area (Å²) in [6.45, 7) is 12.0. The number of nitrogens with zero attached hydrogens (tertiary/aromatic N) is 14. The summed E-state index contributed by atoms with van der Waals surface area (Å²) in [5.74, 6) is 5.79. The van der Waals surface area contributed by atoms with Gasteiger partial charge >= 0.3 is 0 Å². The average Bonchev–Trinajstić information content (AvgIpc) is 3.70. The number of hydrogen-bond donors (Lipinski definition) is 4. The number of nitrogens with one attached hydrogen (secondary N) is 4. The SMILES string of the molecule is C.C.C[C@H]1COCCN1c1nc(-c2ccc(NC3=NC(OCc4ccccc4)C=CN3)cc2)nc2c1CCN(c1ncccn1)C2.C[C@H]1COCCN1c1nc(-c2ccc(Nc3nccc(=O)[nH]3)cc2)nc2c1CCN(c1ncccn1)C2. The highest BCUT2D eigenvalue weighted by Gasteiger charge is 2.32. The Bertz CT molecular complexity index is 3540. The van der Waals surface area contributed by atoms with Crippen molar-refractivity contribution in [3.63, 3.8) is 0 Å². The van der Waals surface area contributed by atoms with Gasteiger partial charge in [0, 0.05) is 103 Å². The van der Waals surface area contributed by atoms with Gasteiger partial charge < -0.3 is 49.8 Å². The third kappa shape index (κ3) is 13.6. The molecule has 0 aliphatic carbocycles. The van der Waals surface area contributed by atoms with Crippen LogP contribution < -0.4 is 41.1 Å². The molecule has 5 aliphatic heterocycles. The zero-order chi connectivity index (χ0) is 54.9. The summed E-state index contributed by atoms with van der Waals surface area (Å²) in [5.41, 5.74) is 8.81. The van der Waals surface area contributed by atoms with Crippen molar-refractivity contribution in [3.05, 3.63) is 179 Å². The lowest BCUT2D eigenvalue weighted by Gasteiger charge is -2.37. The average molecular weight is 1120 g/mol. The van der Waals surface area contributed by atoms with Gasteiger partial charge in [-0.25, -0.2) is 49.8 Å². The predicted molar refractivity (Wildman–Crippen MR) is 324 cm³/mol. The van der Waals surface area contributed by atoms with Crippen LogP contribution in [0, 0.1) is 0 Å². The first-order valence-corrected chi connectivity index (χ1v) is 27.3. The summed E-state index contributed by atoms with van der Waals surface area (Å²) in [7, 11) is 0. The highest BCUT2D eigenvalue weighted by molar-refractivity contribution is 5.95. The van der Waals surface area contributed by atoms with Crippen molar-refractivity contribution in [3.8, 4) is 22.8 Å². The minimum atomic E-state index is -0.371. The second kappa shape index (κ2) is 26.6. The van der Waals surface area contributed by atoms with Gasteiger partial charge in [-0.3, -0.25) is 9.78 Å². The van der Waals surface area contributed by atoms with Crippen LogP contribution in [0.4, 0.5) is 40.9 Å². The number of H-pyrrole nitrogens is 1. The van der Waals surface area contributed by atoms with E-state index in [9.17, 15) is 4.79 Å². The summed E-state index contributed by atoms with van der Waals surface area (Å²) in [5, 5.41) is 9.64. The van der Waals surface area contributed by atoms with E-state index in [0.717, 1.165) is 96.1 Å². The summed E-state index contributed by atoms with van der Waals surface area (Å²) in [6.07, 6.45) is 13.6. The van der Waals surface area contributed by atoms with Crippen LogP contribution in [0.2, 0.25) is 0 Å². The molecular weight excluding hydrogens is 1050 g/mol. The molecule has 0 amide bonds. The third-order valence-corrected chi connectivity index (χ3v) is 14.5. The van der Waals surface area contributed by atoms with Gasteiger partial charge in [-0.1, -0.05) is 45.2 Å². The van der Waals surface area contributed by atoms with Crippen LogP contribution in [0.25, 0.3) is 22.8 Å². The van der Waals surface area contributed by atoms with E-state index >= 15 is 0 Å². The van der Waals surface area contributed by atoms with Crippen LogP contribution in [0.15, 0.2) is 150 Å². The molecule has 5 aromatic heterocycles. The standard InChI is InChI=1S/C33H35N9O2.C26H27N9O2.2CH4/c1-23-21-43-19-18-42(23)31-27-13-17-41(33-35-14-5-15-36-33)20-28(27)38-30(40-31)25-8-10-26(11-9-25)37-32-34-16-12-29(39-32)44-22-24-6-3-2-4-7-24;1-17-16-37-14-13-35(17)24-20-8-12-34(26-28-9-2-10-29-26)15-21(20)31-23(33-24)18-3-5-19(6-4-18)30-25-27-11-7-22(36)32-25;;/h2-12,14-16,23,29H,13,17-22H2,1H3,(H2,34,37,39);2-7,9-11,17H,8,12-16H2,1H3,(H2,27,30,32,36);2*1H4/t23-,29?;17-;;/m00../s1. The van der Waals surface area contributed by atoms with Gasteiger partial charge in [0.2, 0.25) is 23.8 Å². The molecule has 3 atom stereocenters. The molecule has 22 nitrogen and oxygen atoms in total. The summed E-state index contributed by atoms with van der Waals surface area (Å²) < 4.78 is 17.4. The molecule has 83 heavy (non-hydrogen) atoms. The van der Waals surface area contributed by atoms with E-state index in [1.54, 1.807) is 24.8 Å². The molecule has 5 aliphatic rings. The molecule has 10 heterocycles. The van der Waals surface area contributed by atoms with E-state index < -0.39 is 0 Å². The highest BCUT2D eigenvalue weighted by atomic mass is 16.5. The Morgan fingerprint density at radius 2 is 1.13 bits per heavy atom. The Morgan fingerprint density at radius 3 is 1.65 bits per heavy atom. The highest BCUT2D eigenvalue weighted by Crippen LogP contribution is 2.35. The number of rotatable bonds is 12. The van der Waals surface area contributed by atoms with Gasteiger partial charge in [0.15, 0.2) is 17.9 Å². The fourth-order valence-corrected chi connectivity index (χ4v) is 10.3. The van der Waals surface area contributed by atoms with Crippen LogP contribution in [0.3, 0.4) is 0 Å². The molecule has 0 bridgehead atoms. The molecule has 4 N–H and O–H groups in total. The molecule has 3 aromatic carbocycles. The molecular formula is C61H70N18O4. The molecule has 22 heteroatoms. The van der Waals surface area contributed by atoms with E-state index in [0.29, 0.717) is 75.6 Å². The van der Waals surface area contributed by atoms with Crippen molar-refractivity contribution >= 4 is 46.8 Å². The minimum Gasteiger partial charge on any atom is -0.377 e. The molecule has 428 valence electrons. The molecule has 2 fully saturated rings. The Kier molecular flexibility index (Phi) is 18.2. The number of anilines is 7. The maximum absolute atomic E-state index is 11.6. The van der Waals surface area contributed by atoms with E-state index in [1.807, 2.05) is 103 Å². The number of morpholine rings is 2. The molecule has 2 saturated heterocycles. The Labute approximate surface area is 483 Å². The number of hydrogen-bond acceptors (Lipinski definition) is 21. The maximum Gasteiger partial charge on any atom is 0.252 e. The molecule has 8 aromatic rings. The Hall–Kier alpha value is -9.25. The maximum atomic E-state index is 11.6.